The first-order valence-corrected chi connectivity index (χ1v) is 8.92. The smallest absolute Gasteiger partial charge is 0.266 e. The van der Waals surface area contributed by atoms with Crippen LogP contribution in [0.15, 0.2) is 34.0 Å². The van der Waals surface area contributed by atoms with Crippen molar-refractivity contribution in [2.75, 3.05) is 13.7 Å². The lowest BCUT2D eigenvalue weighted by Gasteiger charge is -2.33. The van der Waals surface area contributed by atoms with Crippen molar-refractivity contribution in [3.8, 4) is 0 Å². The van der Waals surface area contributed by atoms with E-state index in [0.717, 1.165) is 12.1 Å². The molecule has 3 heterocycles. The molecule has 0 fully saturated rings. The second-order valence-electron chi connectivity index (χ2n) is 6.67. The van der Waals surface area contributed by atoms with Gasteiger partial charge in [-0.05, 0) is 23.6 Å². The number of carbonyl (C=O) groups is 1. The van der Waals surface area contributed by atoms with Crippen LogP contribution >= 0.6 is 11.6 Å². The number of H-pyrrole nitrogens is 2. The first kappa shape index (κ1) is 19.3. The minimum Gasteiger partial charge on any atom is -0.373 e. The third kappa shape index (κ3) is 3.22. The van der Waals surface area contributed by atoms with Crippen LogP contribution in [0.4, 0.5) is 8.78 Å². The SMILES string of the molecule is CN(C(=O)c1c[nH]c(=O)c(Cl)c1)[C@@H]1COCc2[nH]c(=O)c3cc(F)c(F)cc3c21. The number of benzene rings is 1. The number of likely N-dealkylation sites (N-methyl/N-ethyl adjacent to an activating group) is 1. The number of hydrogen-bond acceptors (Lipinski definition) is 4. The maximum atomic E-state index is 13.9. The standard InChI is InChI=1S/C19H14ClF2N3O4/c1-25(19(28)8-2-11(20)18(27)23-5-8)15-7-29-6-14-16(15)9-3-12(21)13(22)4-10(9)17(26)24-14/h2-5,15H,6-7H2,1H3,(H,23,27)(H,24,26)/t15-/m1/s1. The topological polar surface area (TPSA) is 95.3 Å². The summed E-state index contributed by atoms with van der Waals surface area (Å²) >= 11 is 5.80. The Morgan fingerprint density at radius 3 is 2.55 bits per heavy atom. The molecule has 1 atom stereocenters. The van der Waals surface area contributed by atoms with Crippen LogP contribution in [0.3, 0.4) is 0 Å². The summed E-state index contributed by atoms with van der Waals surface area (Å²) in [4.78, 5) is 43.0. The van der Waals surface area contributed by atoms with E-state index in [1.54, 1.807) is 0 Å². The van der Waals surface area contributed by atoms with E-state index in [9.17, 15) is 23.2 Å². The van der Waals surface area contributed by atoms with E-state index in [0.29, 0.717) is 11.3 Å². The molecule has 2 N–H and O–H groups in total. The lowest BCUT2D eigenvalue weighted by Crippen LogP contribution is -2.37. The van der Waals surface area contributed by atoms with Gasteiger partial charge in [0.1, 0.15) is 5.02 Å². The van der Waals surface area contributed by atoms with Crippen LogP contribution < -0.4 is 11.1 Å². The Hall–Kier alpha value is -3.04. The number of nitrogens with one attached hydrogen (secondary N) is 2. The number of rotatable bonds is 2. The van der Waals surface area contributed by atoms with Gasteiger partial charge in [-0.25, -0.2) is 8.78 Å². The lowest BCUT2D eigenvalue weighted by molar-refractivity contribution is 0.0335. The molecule has 29 heavy (non-hydrogen) atoms. The maximum Gasteiger partial charge on any atom is 0.266 e. The highest BCUT2D eigenvalue weighted by atomic mass is 35.5. The number of amides is 1. The fraction of sp³-hybridized carbons (Fsp3) is 0.211. The molecule has 0 bridgehead atoms. The summed E-state index contributed by atoms with van der Waals surface area (Å²) in [5.41, 5.74) is -0.128. The molecular formula is C19H14ClF2N3O4. The van der Waals surface area contributed by atoms with Crippen LogP contribution in [0.1, 0.15) is 27.7 Å². The number of halogens is 3. The summed E-state index contributed by atoms with van der Waals surface area (Å²) in [5.74, 6) is -2.72. The molecule has 10 heteroatoms. The number of aromatic nitrogens is 2. The zero-order valence-corrected chi connectivity index (χ0v) is 15.8. The van der Waals surface area contributed by atoms with Crippen molar-refractivity contribution < 1.29 is 18.3 Å². The first-order valence-electron chi connectivity index (χ1n) is 8.55. The summed E-state index contributed by atoms with van der Waals surface area (Å²) in [6.07, 6.45) is 1.23. The van der Waals surface area contributed by atoms with E-state index in [1.165, 1.54) is 24.2 Å². The highest BCUT2D eigenvalue weighted by molar-refractivity contribution is 6.30. The summed E-state index contributed by atoms with van der Waals surface area (Å²) in [7, 11) is 1.50. The Labute approximate surface area is 166 Å². The predicted molar refractivity (Wildman–Crippen MR) is 101 cm³/mol. The van der Waals surface area contributed by atoms with Crippen molar-refractivity contribution >= 4 is 28.3 Å². The van der Waals surface area contributed by atoms with E-state index in [4.69, 9.17) is 16.3 Å². The number of fused-ring (bicyclic) bond motifs is 3. The van der Waals surface area contributed by atoms with Crippen LogP contribution in [0, 0.1) is 11.6 Å². The third-order valence-electron chi connectivity index (χ3n) is 4.93. The van der Waals surface area contributed by atoms with Gasteiger partial charge in [-0.15, -0.1) is 0 Å². The van der Waals surface area contributed by atoms with Crippen LogP contribution in [-0.4, -0.2) is 34.4 Å². The quantitative estimate of drug-likeness (QED) is 0.664. The zero-order valence-electron chi connectivity index (χ0n) is 15.0. The fourth-order valence-electron chi connectivity index (χ4n) is 3.47. The van der Waals surface area contributed by atoms with E-state index >= 15 is 0 Å². The largest absolute Gasteiger partial charge is 0.373 e. The van der Waals surface area contributed by atoms with E-state index in [1.807, 2.05) is 0 Å². The molecule has 1 aliphatic rings. The molecule has 0 unspecified atom stereocenters. The van der Waals surface area contributed by atoms with Gasteiger partial charge in [-0.3, -0.25) is 14.4 Å². The van der Waals surface area contributed by atoms with Gasteiger partial charge in [-0.2, -0.15) is 0 Å². The summed E-state index contributed by atoms with van der Waals surface area (Å²) in [5, 5.41) is 0.0365. The summed E-state index contributed by atoms with van der Waals surface area (Å²) in [6.45, 7) is 0.134. The number of hydrogen-bond donors (Lipinski definition) is 2. The van der Waals surface area contributed by atoms with E-state index < -0.39 is 34.7 Å². The number of nitrogens with zero attached hydrogens (tertiary/aromatic N) is 1. The predicted octanol–water partition coefficient (Wildman–Crippen LogP) is 2.49. The van der Waals surface area contributed by atoms with Crippen molar-refractivity contribution in [2.45, 2.75) is 12.6 Å². The van der Waals surface area contributed by atoms with Gasteiger partial charge >= 0.3 is 0 Å². The molecule has 0 saturated carbocycles. The van der Waals surface area contributed by atoms with Gasteiger partial charge in [0.15, 0.2) is 11.6 Å². The molecule has 0 saturated heterocycles. The minimum atomic E-state index is -1.14. The molecule has 1 amide bonds. The number of ether oxygens (including phenoxy) is 1. The summed E-state index contributed by atoms with van der Waals surface area (Å²) in [6, 6.07) is 2.33. The van der Waals surface area contributed by atoms with Crippen molar-refractivity contribution in [1.29, 1.82) is 0 Å². The maximum absolute atomic E-state index is 13.9. The van der Waals surface area contributed by atoms with Crippen molar-refractivity contribution in [3.63, 3.8) is 0 Å². The first-order chi connectivity index (χ1) is 13.8. The molecule has 0 radical (unpaired) electrons. The highest BCUT2D eigenvalue weighted by Crippen LogP contribution is 2.34. The minimum absolute atomic E-state index is 0.0255. The molecule has 0 spiro atoms. The Morgan fingerprint density at radius 1 is 1.17 bits per heavy atom. The Bertz CT molecular complexity index is 1270. The number of aromatic amines is 2. The van der Waals surface area contributed by atoms with Crippen LogP contribution in [-0.2, 0) is 11.3 Å². The molecule has 0 aliphatic carbocycles. The van der Waals surface area contributed by atoms with Crippen molar-refractivity contribution in [3.05, 3.63) is 78.6 Å². The third-order valence-corrected chi connectivity index (χ3v) is 5.21. The van der Waals surface area contributed by atoms with Crippen molar-refractivity contribution in [2.24, 2.45) is 0 Å². The monoisotopic (exact) mass is 421 g/mol. The van der Waals surface area contributed by atoms with Gasteiger partial charge < -0.3 is 19.6 Å². The molecule has 3 aromatic rings. The van der Waals surface area contributed by atoms with Gasteiger partial charge in [0.05, 0.1) is 30.2 Å². The van der Waals surface area contributed by atoms with Crippen LogP contribution in [0.5, 0.6) is 0 Å². The molecular weight excluding hydrogens is 408 g/mol. The average Bonchev–Trinajstić information content (AvgIpc) is 2.70. The Kier molecular flexibility index (Phi) is 4.71. The lowest BCUT2D eigenvalue weighted by atomic mass is 9.95. The van der Waals surface area contributed by atoms with Gasteiger partial charge in [0.25, 0.3) is 17.0 Å². The molecule has 150 valence electrons. The normalized spacial score (nSPS) is 15.9. The van der Waals surface area contributed by atoms with E-state index in [2.05, 4.69) is 9.97 Å². The van der Waals surface area contributed by atoms with Gasteiger partial charge in [-0.1, -0.05) is 11.6 Å². The highest BCUT2D eigenvalue weighted by Gasteiger charge is 2.31. The van der Waals surface area contributed by atoms with Crippen LogP contribution in [0.2, 0.25) is 5.02 Å². The second kappa shape index (κ2) is 7.09. The van der Waals surface area contributed by atoms with Crippen molar-refractivity contribution in [1.82, 2.24) is 14.9 Å². The van der Waals surface area contributed by atoms with Gasteiger partial charge in [0.2, 0.25) is 0 Å². The number of pyridine rings is 2. The Balaban J connectivity index is 1.85. The van der Waals surface area contributed by atoms with Crippen LogP contribution in [0.25, 0.3) is 10.8 Å². The fourth-order valence-corrected chi connectivity index (χ4v) is 3.64. The molecule has 1 aliphatic heterocycles. The number of carbonyl (C=O) groups excluding carboxylic acids is 1. The average molecular weight is 422 g/mol. The molecule has 7 nitrogen and oxygen atoms in total. The summed E-state index contributed by atoms with van der Waals surface area (Å²) < 4.78 is 33.1. The van der Waals surface area contributed by atoms with E-state index in [-0.39, 0.29) is 34.6 Å². The Morgan fingerprint density at radius 2 is 1.86 bits per heavy atom. The van der Waals surface area contributed by atoms with Gasteiger partial charge in [0, 0.05) is 24.5 Å². The zero-order chi connectivity index (χ0) is 20.9. The molecule has 1 aromatic carbocycles. The molecule has 4 rings (SSSR count). The molecule has 2 aromatic heterocycles. The second-order valence-corrected chi connectivity index (χ2v) is 7.08.